The largest absolute Gasteiger partial charge is 0.382 e. The summed E-state index contributed by atoms with van der Waals surface area (Å²) in [6.07, 6.45) is 2.01. The second-order valence-electron chi connectivity index (χ2n) is 7.17. The molecule has 1 aliphatic rings. The zero-order valence-electron chi connectivity index (χ0n) is 17.3. The van der Waals surface area contributed by atoms with Gasteiger partial charge in [0.05, 0.1) is 12.6 Å². The van der Waals surface area contributed by atoms with Gasteiger partial charge < -0.3 is 14.5 Å². The maximum absolute atomic E-state index is 13.3. The number of carbonyl (C=O) groups excluding carboxylic acids is 2. The molecule has 156 valence electrons. The van der Waals surface area contributed by atoms with Gasteiger partial charge in [-0.25, -0.2) is 0 Å². The van der Waals surface area contributed by atoms with Gasteiger partial charge in [0.15, 0.2) is 0 Å². The smallest absolute Gasteiger partial charge is 0.242 e. The molecule has 0 N–H and O–H groups in total. The number of hydrogen-bond donors (Lipinski definition) is 0. The van der Waals surface area contributed by atoms with E-state index in [0.29, 0.717) is 32.7 Å². The molecule has 0 saturated carbocycles. The maximum atomic E-state index is 13.3. The van der Waals surface area contributed by atoms with Crippen molar-refractivity contribution in [2.45, 2.75) is 39.2 Å². The fraction of sp³-hybridized carbons (Fsp3) is 0.478. The fourth-order valence-corrected chi connectivity index (χ4v) is 4.76. The van der Waals surface area contributed by atoms with E-state index in [4.69, 9.17) is 4.74 Å². The number of fused-ring (bicyclic) bond motifs is 1. The Balaban J connectivity index is 1.77. The van der Waals surface area contributed by atoms with Crippen LogP contribution >= 0.6 is 11.3 Å². The number of carbonyl (C=O) groups is 2. The van der Waals surface area contributed by atoms with E-state index in [1.807, 2.05) is 36.9 Å². The van der Waals surface area contributed by atoms with Crippen LogP contribution in [0, 0.1) is 0 Å². The molecule has 1 aromatic heterocycles. The van der Waals surface area contributed by atoms with Crippen molar-refractivity contribution in [3.8, 4) is 0 Å². The van der Waals surface area contributed by atoms with E-state index in [1.54, 1.807) is 16.2 Å². The summed E-state index contributed by atoms with van der Waals surface area (Å²) in [4.78, 5) is 30.7. The molecule has 6 heteroatoms. The zero-order valence-corrected chi connectivity index (χ0v) is 18.1. The summed E-state index contributed by atoms with van der Waals surface area (Å²) in [5.74, 6) is 0.0215. The SMILES string of the molecule is CCOCCCN(CC(=O)N1CCc2sccc2[C@H]1c1ccccc1)C(=O)CC. The predicted molar refractivity (Wildman–Crippen MR) is 116 cm³/mol. The quantitative estimate of drug-likeness (QED) is 0.585. The minimum Gasteiger partial charge on any atom is -0.382 e. The number of benzene rings is 1. The van der Waals surface area contributed by atoms with Crippen LogP contribution in [0.25, 0.3) is 0 Å². The Morgan fingerprint density at radius 1 is 1.21 bits per heavy atom. The van der Waals surface area contributed by atoms with Gasteiger partial charge in [0.2, 0.25) is 11.8 Å². The molecule has 0 aliphatic carbocycles. The van der Waals surface area contributed by atoms with Crippen LogP contribution in [0.2, 0.25) is 0 Å². The van der Waals surface area contributed by atoms with Crippen LogP contribution in [-0.2, 0) is 20.7 Å². The molecular weight excluding hydrogens is 384 g/mol. The molecule has 0 unspecified atom stereocenters. The molecule has 1 atom stereocenters. The molecule has 0 spiro atoms. The average molecular weight is 415 g/mol. The standard InChI is InChI=1S/C23H30N2O3S/c1-3-21(26)24(13-8-15-28-4-2)17-22(27)25-14-11-20-19(12-16-29-20)23(25)18-9-6-5-7-10-18/h5-7,9-10,12,16,23H,3-4,8,11,13-15,17H2,1-2H3/t23-/m1/s1. The van der Waals surface area contributed by atoms with E-state index in [-0.39, 0.29) is 24.4 Å². The van der Waals surface area contributed by atoms with E-state index in [1.165, 1.54) is 10.4 Å². The minimum absolute atomic E-state index is 0.00825. The van der Waals surface area contributed by atoms with Crippen LogP contribution in [0.15, 0.2) is 41.8 Å². The molecule has 29 heavy (non-hydrogen) atoms. The highest BCUT2D eigenvalue weighted by molar-refractivity contribution is 7.10. The summed E-state index contributed by atoms with van der Waals surface area (Å²) in [7, 11) is 0. The Morgan fingerprint density at radius 2 is 2.00 bits per heavy atom. The second-order valence-corrected chi connectivity index (χ2v) is 8.17. The number of nitrogens with zero attached hydrogens (tertiary/aromatic N) is 2. The van der Waals surface area contributed by atoms with Crippen molar-refractivity contribution >= 4 is 23.2 Å². The van der Waals surface area contributed by atoms with Crippen molar-refractivity contribution in [2.24, 2.45) is 0 Å². The first-order valence-corrected chi connectivity index (χ1v) is 11.3. The van der Waals surface area contributed by atoms with Gasteiger partial charge in [0.1, 0.15) is 0 Å². The van der Waals surface area contributed by atoms with Crippen LogP contribution in [-0.4, -0.2) is 54.5 Å². The first kappa shape index (κ1) is 21.5. The Morgan fingerprint density at radius 3 is 2.72 bits per heavy atom. The molecule has 3 rings (SSSR count). The van der Waals surface area contributed by atoms with Gasteiger partial charge in [0.25, 0.3) is 0 Å². The number of rotatable bonds is 9. The van der Waals surface area contributed by atoms with Crippen LogP contribution in [0.5, 0.6) is 0 Å². The van der Waals surface area contributed by atoms with Crippen molar-refractivity contribution in [3.05, 3.63) is 57.8 Å². The first-order valence-electron chi connectivity index (χ1n) is 10.4. The highest BCUT2D eigenvalue weighted by Crippen LogP contribution is 2.37. The third-order valence-corrected chi connectivity index (χ3v) is 6.30. The molecular formula is C23H30N2O3S. The van der Waals surface area contributed by atoms with Gasteiger partial charge in [-0.15, -0.1) is 11.3 Å². The summed E-state index contributed by atoms with van der Waals surface area (Å²) in [5, 5.41) is 2.11. The molecule has 1 aliphatic heterocycles. The van der Waals surface area contributed by atoms with Crippen molar-refractivity contribution in [1.29, 1.82) is 0 Å². The Bertz CT molecular complexity index is 805. The lowest BCUT2D eigenvalue weighted by molar-refractivity contribution is -0.141. The third-order valence-electron chi connectivity index (χ3n) is 5.30. The van der Waals surface area contributed by atoms with Gasteiger partial charge in [-0.05, 0) is 42.3 Å². The summed E-state index contributed by atoms with van der Waals surface area (Å²) < 4.78 is 5.39. The maximum Gasteiger partial charge on any atom is 0.242 e. The van der Waals surface area contributed by atoms with Crippen LogP contribution in [0.4, 0.5) is 0 Å². The molecule has 2 aromatic rings. The van der Waals surface area contributed by atoms with Crippen LogP contribution < -0.4 is 0 Å². The molecule has 0 radical (unpaired) electrons. The van der Waals surface area contributed by atoms with Crippen LogP contribution in [0.3, 0.4) is 0 Å². The molecule has 0 fully saturated rings. The van der Waals surface area contributed by atoms with Crippen molar-refractivity contribution in [2.75, 3.05) is 32.8 Å². The van der Waals surface area contributed by atoms with Gasteiger partial charge in [-0.1, -0.05) is 37.3 Å². The minimum atomic E-state index is -0.0827. The van der Waals surface area contributed by atoms with E-state index < -0.39 is 0 Å². The Kier molecular flexibility index (Phi) is 7.83. The molecule has 2 heterocycles. The molecule has 0 saturated heterocycles. The van der Waals surface area contributed by atoms with E-state index in [2.05, 4.69) is 23.6 Å². The first-order chi connectivity index (χ1) is 14.2. The number of amides is 2. The lowest BCUT2D eigenvalue weighted by Gasteiger charge is -2.37. The van der Waals surface area contributed by atoms with Crippen molar-refractivity contribution < 1.29 is 14.3 Å². The molecule has 0 bridgehead atoms. The number of hydrogen-bond acceptors (Lipinski definition) is 4. The average Bonchev–Trinajstić information content (AvgIpc) is 3.24. The zero-order chi connectivity index (χ0) is 20.6. The molecule has 1 aromatic carbocycles. The van der Waals surface area contributed by atoms with Gasteiger partial charge >= 0.3 is 0 Å². The summed E-state index contributed by atoms with van der Waals surface area (Å²) in [6.45, 7) is 6.42. The third kappa shape index (κ3) is 5.25. The van der Waals surface area contributed by atoms with Gasteiger partial charge in [-0.3, -0.25) is 9.59 Å². The second kappa shape index (κ2) is 10.6. The highest BCUT2D eigenvalue weighted by Gasteiger charge is 2.33. The highest BCUT2D eigenvalue weighted by atomic mass is 32.1. The monoisotopic (exact) mass is 414 g/mol. The summed E-state index contributed by atoms with van der Waals surface area (Å²) in [5.41, 5.74) is 2.33. The predicted octanol–water partition coefficient (Wildman–Crippen LogP) is 3.89. The van der Waals surface area contributed by atoms with E-state index in [9.17, 15) is 9.59 Å². The Labute approximate surface area is 177 Å². The lowest BCUT2D eigenvalue weighted by Crippen LogP contribution is -2.47. The fourth-order valence-electron chi connectivity index (χ4n) is 3.85. The van der Waals surface area contributed by atoms with E-state index >= 15 is 0 Å². The molecule has 5 nitrogen and oxygen atoms in total. The van der Waals surface area contributed by atoms with Crippen LogP contribution in [0.1, 0.15) is 48.7 Å². The van der Waals surface area contributed by atoms with Gasteiger partial charge in [0, 0.05) is 37.6 Å². The van der Waals surface area contributed by atoms with Crippen molar-refractivity contribution in [3.63, 3.8) is 0 Å². The Hall–Kier alpha value is -2.18. The summed E-state index contributed by atoms with van der Waals surface area (Å²) in [6, 6.07) is 12.2. The lowest BCUT2D eigenvalue weighted by atomic mass is 9.93. The summed E-state index contributed by atoms with van der Waals surface area (Å²) >= 11 is 1.76. The molecule has 2 amide bonds. The normalized spacial score (nSPS) is 15.8. The number of ether oxygens (including phenoxy) is 1. The number of thiophene rings is 1. The van der Waals surface area contributed by atoms with Gasteiger partial charge in [-0.2, -0.15) is 0 Å². The van der Waals surface area contributed by atoms with Crippen molar-refractivity contribution in [1.82, 2.24) is 9.80 Å². The topological polar surface area (TPSA) is 49.9 Å². The van der Waals surface area contributed by atoms with E-state index in [0.717, 1.165) is 18.4 Å².